The summed E-state index contributed by atoms with van der Waals surface area (Å²) in [6, 6.07) is 4.83. The summed E-state index contributed by atoms with van der Waals surface area (Å²) in [6.07, 6.45) is 0. The molecule has 0 atom stereocenters. The molecule has 4 rings (SSSR count). The Labute approximate surface area is 166 Å². The van der Waals surface area contributed by atoms with Gasteiger partial charge in [0.1, 0.15) is 11.1 Å². The van der Waals surface area contributed by atoms with Crippen LogP contribution in [0.4, 0.5) is 0 Å². The zero-order chi connectivity index (χ0) is 22.0. The summed E-state index contributed by atoms with van der Waals surface area (Å²) < 4.78 is 64.4. The third-order valence-corrected chi connectivity index (χ3v) is 5.92. The third kappa shape index (κ3) is 3.00. The smallest absolute Gasteiger partial charge is 0.466 e. The van der Waals surface area contributed by atoms with Crippen LogP contribution in [0.5, 0.6) is 34.5 Å². The van der Waals surface area contributed by atoms with E-state index in [0.717, 1.165) is 0 Å². The van der Waals surface area contributed by atoms with Gasteiger partial charge in [0.15, 0.2) is 17.1 Å². The minimum Gasteiger partial charge on any atom is -0.508 e. The molecule has 2 aromatic carbocycles. The molecule has 0 amide bonds. The number of fused-ring (bicyclic) bond motifs is 4. The average molecular weight is 460 g/mol. The number of hydrogen-bond acceptors (Lipinski definition) is 13. The monoisotopic (exact) mass is 460 g/mol. The number of phenols is 3. The Kier molecular flexibility index (Phi) is 4.02. The second-order valence-corrected chi connectivity index (χ2v) is 8.28. The molecule has 0 unspecified atom stereocenters. The van der Waals surface area contributed by atoms with Crippen molar-refractivity contribution in [3.8, 4) is 45.8 Å². The van der Waals surface area contributed by atoms with Crippen molar-refractivity contribution in [1.82, 2.24) is 0 Å². The van der Waals surface area contributed by atoms with E-state index in [1.165, 1.54) is 24.3 Å². The van der Waals surface area contributed by atoms with Crippen LogP contribution in [0.25, 0.3) is 22.3 Å². The van der Waals surface area contributed by atoms with Crippen LogP contribution < -0.4 is 13.8 Å². The number of benzene rings is 2. The molecule has 2 bridgehead atoms. The minimum absolute atomic E-state index is 0.0309. The summed E-state index contributed by atoms with van der Waals surface area (Å²) in [5, 5.41) is 39.1. The molecule has 1 aliphatic rings. The maximum absolute atomic E-state index is 12.6. The van der Waals surface area contributed by atoms with E-state index in [2.05, 4.69) is 12.0 Å². The molecule has 0 saturated heterocycles. The molecule has 3 aromatic rings. The van der Waals surface area contributed by atoms with Crippen molar-refractivity contribution in [3.05, 3.63) is 34.5 Å². The lowest BCUT2D eigenvalue weighted by atomic mass is 10.1. The van der Waals surface area contributed by atoms with Crippen molar-refractivity contribution in [2.75, 3.05) is 0 Å². The van der Waals surface area contributed by atoms with Crippen LogP contribution in [0.1, 0.15) is 0 Å². The van der Waals surface area contributed by atoms with Crippen LogP contribution in [0.3, 0.4) is 0 Å². The molecule has 1 aliphatic heterocycles. The first-order valence-corrected chi connectivity index (χ1v) is 10.2. The maximum Gasteiger partial charge on any atom is 0.466 e. The van der Waals surface area contributed by atoms with E-state index in [1.54, 1.807) is 0 Å². The lowest BCUT2D eigenvalue weighted by Gasteiger charge is -2.18. The van der Waals surface area contributed by atoms with Gasteiger partial charge in [0.2, 0.25) is 28.4 Å². The second-order valence-electron chi connectivity index (χ2n) is 5.77. The predicted octanol–water partition coefficient (Wildman–Crippen LogP) is 0.560. The van der Waals surface area contributed by atoms with Gasteiger partial charge in [-0.05, 0) is 24.3 Å². The first-order valence-electron chi connectivity index (χ1n) is 7.57. The molecule has 0 saturated carbocycles. The summed E-state index contributed by atoms with van der Waals surface area (Å²) in [5.74, 6) is -6.86. The fraction of sp³-hybridized carbons (Fsp3) is 0. The van der Waals surface area contributed by atoms with Gasteiger partial charge in [-0.15, -0.1) is 0 Å². The van der Waals surface area contributed by atoms with Gasteiger partial charge >= 0.3 is 20.8 Å². The van der Waals surface area contributed by atoms with Gasteiger partial charge in [0.05, 0.1) is 0 Å². The fourth-order valence-electron chi connectivity index (χ4n) is 2.64. The Bertz CT molecular complexity index is 1480. The molecule has 13 nitrogen and oxygen atoms in total. The molecule has 0 fully saturated rings. The minimum atomic E-state index is -5.39. The van der Waals surface area contributed by atoms with E-state index in [9.17, 15) is 42.1 Å². The molecule has 2 heterocycles. The van der Waals surface area contributed by atoms with Gasteiger partial charge in [0, 0.05) is 5.56 Å². The number of aromatic hydroxyl groups is 4. The van der Waals surface area contributed by atoms with Crippen molar-refractivity contribution in [1.29, 1.82) is 0 Å². The Morgan fingerprint density at radius 2 is 1.30 bits per heavy atom. The average Bonchev–Trinajstić information content (AvgIpc) is 2.64. The van der Waals surface area contributed by atoms with E-state index in [0.29, 0.717) is 0 Å². The lowest BCUT2D eigenvalue weighted by Crippen LogP contribution is -2.24. The highest BCUT2D eigenvalue weighted by Gasteiger charge is 2.39. The van der Waals surface area contributed by atoms with Crippen LogP contribution in [0.2, 0.25) is 0 Å². The van der Waals surface area contributed by atoms with Gasteiger partial charge in [-0.2, -0.15) is 16.8 Å². The van der Waals surface area contributed by atoms with Crippen molar-refractivity contribution in [2.45, 2.75) is 0 Å². The molecule has 0 aliphatic carbocycles. The van der Waals surface area contributed by atoms with Gasteiger partial charge in [0.25, 0.3) is 0 Å². The standard InChI is InChI=1S/C15H8O13S2/c16-6-3-1-5(2-4-6)12-10(19)8(17)7-9(18)14-11(20)15(13(7)25-12)27-30(23,24)28-29(21,22)26-14/h1-4,16,18-20H. The topological polar surface area (TPSA) is 207 Å². The molecule has 1 aromatic heterocycles. The van der Waals surface area contributed by atoms with Crippen molar-refractivity contribution < 1.29 is 53.7 Å². The largest absolute Gasteiger partial charge is 0.508 e. The second kappa shape index (κ2) is 6.15. The molecule has 0 spiro atoms. The van der Waals surface area contributed by atoms with Crippen LogP contribution in [0.15, 0.2) is 33.5 Å². The SMILES string of the molecule is O=c1c(O)c(-c2ccc(O)cc2)oc2c3c(O)c(c(O)c12)OS(=O)(=O)OS(=O)(=O)O3. The first-order chi connectivity index (χ1) is 13.9. The zero-order valence-corrected chi connectivity index (χ0v) is 15.7. The van der Waals surface area contributed by atoms with E-state index >= 15 is 0 Å². The molecular formula is C15H8O13S2. The summed E-state index contributed by atoms with van der Waals surface area (Å²) in [4.78, 5) is 12.6. The highest BCUT2D eigenvalue weighted by Crippen LogP contribution is 2.52. The molecule has 15 heteroatoms. The fourth-order valence-corrected chi connectivity index (χ4v) is 4.40. The quantitative estimate of drug-likeness (QED) is 0.392. The summed E-state index contributed by atoms with van der Waals surface area (Å²) >= 11 is 0. The van der Waals surface area contributed by atoms with E-state index < -0.39 is 71.7 Å². The van der Waals surface area contributed by atoms with E-state index in [1.807, 2.05) is 0 Å². The highest BCUT2D eigenvalue weighted by atomic mass is 32.3. The summed E-state index contributed by atoms with van der Waals surface area (Å²) in [7, 11) is -10.8. The van der Waals surface area contributed by atoms with Gasteiger partial charge in [-0.1, -0.05) is 3.63 Å². The van der Waals surface area contributed by atoms with Crippen molar-refractivity contribution in [3.63, 3.8) is 0 Å². The number of rotatable bonds is 1. The molecule has 158 valence electrons. The third-order valence-electron chi connectivity index (χ3n) is 3.84. The van der Waals surface area contributed by atoms with Gasteiger partial charge < -0.3 is 33.2 Å². The molecular weight excluding hydrogens is 452 g/mol. The molecule has 30 heavy (non-hydrogen) atoms. The highest BCUT2D eigenvalue weighted by molar-refractivity contribution is 7.95. The van der Waals surface area contributed by atoms with Crippen LogP contribution >= 0.6 is 0 Å². The summed E-state index contributed by atoms with van der Waals surface area (Å²) in [5.41, 5.74) is -2.19. The summed E-state index contributed by atoms with van der Waals surface area (Å²) in [6.45, 7) is 0. The first kappa shape index (κ1) is 19.6. The van der Waals surface area contributed by atoms with E-state index in [-0.39, 0.29) is 11.3 Å². The Hall–Kier alpha value is -3.69. The van der Waals surface area contributed by atoms with Crippen LogP contribution in [-0.4, -0.2) is 37.3 Å². The predicted molar refractivity (Wildman–Crippen MR) is 94.8 cm³/mol. The van der Waals surface area contributed by atoms with Crippen LogP contribution in [0, 0.1) is 0 Å². The Morgan fingerprint density at radius 3 is 1.90 bits per heavy atom. The van der Waals surface area contributed by atoms with Crippen molar-refractivity contribution >= 4 is 31.8 Å². The normalized spacial score (nSPS) is 16.8. The Morgan fingerprint density at radius 1 is 0.733 bits per heavy atom. The molecule has 4 N–H and O–H groups in total. The zero-order valence-electron chi connectivity index (χ0n) is 14.1. The van der Waals surface area contributed by atoms with Gasteiger partial charge in [-0.3, -0.25) is 4.79 Å². The van der Waals surface area contributed by atoms with Crippen LogP contribution in [-0.2, 0) is 24.4 Å². The Balaban J connectivity index is 2.17. The number of phenolic OH excluding ortho intramolecular Hbond substituents is 3. The number of hydrogen-bond donors (Lipinski definition) is 4. The maximum atomic E-state index is 12.6. The lowest BCUT2D eigenvalue weighted by molar-refractivity contribution is 0.314. The van der Waals surface area contributed by atoms with Gasteiger partial charge in [-0.25, -0.2) is 0 Å². The molecule has 0 radical (unpaired) electrons. The van der Waals surface area contributed by atoms with E-state index in [4.69, 9.17) is 4.42 Å². The van der Waals surface area contributed by atoms with Crippen molar-refractivity contribution in [2.24, 2.45) is 0 Å².